The Labute approximate surface area is 194 Å². The highest BCUT2D eigenvalue weighted by Crippen LogP contribution is 2.32. The number of nitrogens with zero attached hydrogens (tertiary/aromatic N) is 3. The summed E-state index contributed by atoms with van der Waals surface area (Å²) in [6.07, 6.45) is 0.209. The molecule has 1 saturated heterocycles. The Balaban J connectivity index is 1.57. The number of carbonyl (C=O) groups is 3. The van der Waals surface area contributed by atoms with Gasteiger partial charge in [0.15, 0.2) is 0 Å². The van der Waals surface area contributed by atoms with Gasteiger partial charge >= 0.3 is 6.03 Å². The predicted molar refractivity (Wildman–Crippen MR) is 123 cm³/mol. The van der Waals surface area contributed by atoms with Crippen LogP contribution in [0.2, 0.25) is 0 Å². The molecular formula is C24H24FN5O4. The van der Waals surface area contributed by atoms with Crippen LogP contribution in [0, 0.1) is 12.7 Å². The largest absolute Gasteiger partial charge is 0.325 e. The van der Waals surface area contributed by atoms with E-state index in [1.807, 2.05) is 6.07 Å². The Bertz CT molecular complexity index is 1330. The molecule has 1 unspecified atom stereocenters. The van der Waals surface area contributed by atoms with Crippen molar-refractivity contribution in [3.05, 3.63) is 82.0 Å². The Kier molecular flexibility index (Phi) is 5.82. The quantitative estimate of drug-likeness (QED) is 0.546. The molecule has 4 rings (SSSR count). The lowest BCUT2D eigenvalue weighted by Gasteiger charge is -2.25. The van der Waals surface area contributed by atoms with Crippen molar-refractivity contribution in [2.75, 3.05) is 11.9 Å². The summed E-state index contributed by atoms with van der Waals surface area (Å²) in [6, 6.07) is 13.5. The van der Waals surface area contributed by atoms with E-state index in [2.05, 4.69) is 10.6 Å². The number of aromatic nitrogens is 2. The van der Waals surface area contributed by atoms with Gasteiger partial charge in [0.1, 0.15) is 23.6 Å². The highest BCUT2D eigenvalue weighted by Gasteiger charge is 2.51. The van der Waals surface area contributed by atoms with Gasteiger partial charge in [-0.15, -0.1) is 0 Å². The topological polar surface area (TPSA) is 105 Å². The van der Waals surface area contributed by atoms with E-state index in [1.165, 1.54) is 28.9 Å². The van der Waals surface area contributed by atoms with E-state index in [0.717, 1.165) is 4.90 Å². The number of hydrogen-bond donors (Lipinski definition) is 2. The van der Waals surface area contributed by atoms with Crippen molar-refractivity contribution in [1.29, 1.82) is 0 Å². The number of hydrogen-bond acceptors (Lipinski definition) is 4. The third-order valence-corrected chi connectivity index (χ3v) is 6.16. The lowest BCUT2D eigenvalue weighted by Crippen LogP contribution is -2.44. The zero-order valence-corrected chi connectivity index (χ0v) is 19.0. The highest BCUT2D eigenvalue weighted by atomic mass is 19.1. The standard InChI is InChI=1S/C24H24FN5O4/c1-4-24(16-10-12-17(25)13-11-16)22(33)29(23(34)27-24)14-19(31)26-20-15(2)28(3)30(21(20)32)18-8-6-5-7-9-18/h5-13H,4,14H2,1-3H3,(H,26,31)(H,27,34). The predicted octanol–water partition coefficient (Wildman–Crippen LogP) is 2.42. The third-order valence-electron chi connectivity index (χ3n) is 6.16. The molecule has 176 valence electrons. The number of nitrogens with one attached hydrogen (secondary N) is 2. The molecule has 9 nitrogen and oxygen atoms in total. The molecule has 0 radical (unpaired) electrons. The molecule has 0 saturated carbocycles. The van der Waals surface area contributed by atoms with E-state index in [4.69, 9.17) is 0 Å². The minimum absolute atomic E-state index is 0.0590. The van der Waals surface area contributed by atoms with Crippen LogP contribution in [-0.2, 0) is 22.2 Å². The first-order chi connectivity index (χ1) is 16.2. The number of carbonyl (C=O) groups excluding carboxylic acids is 3. The smallest absolute Gasteiger partial charge is 0.319 e. The second-order valence-corrected chi connectivity index (χ2v) is 8.07. The van der Waals surface area contributed by atoms with Crippen LogP contribution in [0.15, 0.2) is 59.4 Å². The van der Waals surface area contributed by atoms with E-state index in [1.54, 1.807) is 49.8 Å². The first-order valence-electron chi connectivity index (χ1n) is 10.7. The van der Waals surface area contributed by atoms with E-state index in [0.29, 0.717) is 16.9 Å². The van der Waals surface area contributed by atoms with Gasteiger partial charge in [0.25, 0.3) is 11.5 Å². The fourth-order valence-corrected chi connectivity index (χ4v) is 4.18. The molecule has 1 aliphatic heterocycles. The van der Waals surface area contributed by atoms with Crippen LogP contribution in [0.1, 0.15) is 24.6 Å². The van der Waals surface area contributed by atoms with Crippen molar-refractivity contribution in [3.63, 3.8) is 0 Å². The number of amides is 4. The van der Waals surface area contributed by atoms with E-state index >= 15 is 0 Å². The van der Waals surface area contributed by atoms with Gasteiger partial charge in [0.05, 0.1) is 11.4 Å². The van der Waals surface area contributed by atoms with E-state index in [-0.39, 0.29) is 12.1 Å². The summed E-state index contributed by atoms with van der Waals surface area (Å²) in [5.74, 6) is -1.78. The van der Waals surface area contributed by atoms with Gasteiger partial charge in [-0.05, 0) is 43.2 Å². The van der Waals surface area contributed by atoms with Crippen molar-refractivity contribution < 1.29 is 18.8 Å². The fourth-order valence-electron chi connectivity index (χ4n) is 4.18. The first kappa shape index (κ1) is 23.0. The molecule has 2 heterocycles. The second-order valence-electron chi connectivity index (χ2n) is 8.07. The summed E-state index contributed by atoms with van der Waals surface area (Å²) in [6.45, 7) is 2.82. The van der Waals surface area contributed by atoms with Gasteiger partial charge in [-0.2, -0.15) is 0 Å². The monoisotopic (exact) mass is 465 g/mol. The van der Waals surface area contributed by atoms with Crippen LogP contribution in [-0.4, -0.2) is 38.7 Å². The maximum atomic E-state index is 13.4. The van der Waals surface area contributed by atoms with Crippen LogP contribution < -0.4 is 16.2 Å². The Morgan fingerprint density at radius 2 is 1.71 bits per heavy atom. The highest BCUT2D eigenvalue weighted by molar-refractivity contribution is 6.10. The number of para-hydroxylation sites is 1. The average Bonchev–Trinajstić information content (AvgIpc) is 3.19. The molecule has 1 atom stereocenters. The van der Waals surface area contributed by atoms with E-state index in [9.17, 15) is 23.6 Å². The average molecular weight is 465 g/mol. The number of urea groups is 1. The Hall–Kier alpha value is -4.21. The summed E-state index contributed by atoms with van der Waals surface area (Å²) in [5, 5.41) is 5.20. The third kappa shape index (κ3) is 3.66. The molecule has 0 spiro atoms. The Morgan fingerprint density at radius 1 is 1.06 bits per heavy atom. The molecule has 0 aliphatic carbocycles. The second kappa shape index (κ2) is 8.62. The number of benzene rings is 2. The molecule has 2 aromatic carbocycles. The molecule has 34 heavy (non-hydrogen) atoms. The van der Waals surface area contributed by atoms with Crippen molar-refractivity contribution in [2.45, 2.75) is 25.8 Å². The molecule has 1 aromatic heterocycles. The van der Waals surface area contributed by atoms with Gasteiger partial charge in [-0.1, -0.05) is 37.3 Å². The van der Waals surface area contributed by atoms with Gasteiger partial charge in [0, 0.05) is 7.05 Å². The molecular weight excluding hydrogens is 441 g/mol. The van der Waals surface area contributed by atoms with Crippen molar-refractivity contribution in [3.8, 4) is 5.69 Å². The van der Waals surface area contributed by atoms with Gasteiger partial charge in [-0.3, -0.25) is 24.0 Å². The number of anilines is 1. The molecule has 3 aromatic rings. The van der Waals surface area contributed by atoms with E-state index < -0.39 is 41.3 Å². The zero-order valence-electron chi connectivity index (χ0n) is 19.0. The molecule has 1 fully saturated rings. The van der Waals surface area contributed by atoms with Gasteiger partial charge in [-0.25, -0.2) is 13.9 Å². The summed E-state index contributed by atoms with van der Waals surface area (Å²) in [5.41, 5.74) is -0.223. The summed E-state index contributed by atoms with van der Waals surface area (Å²) in [4.78, 5) is 52.5. The SMILES string of the molecule is CCC1(c2ccc(F)cc2)NC(=O)N(CC(=O)Nc2c(C)n(C)n(-c3ccccc3)c2=O)C1=O. The summed E-state index contributed by atoms with van der Waals surface area (Å²) < 4.78 is 16.4. The molecule has 2 N–H and O–H groups in total. The molecule has 0 bridgehead atoms. The van der Waals surface area contributed by atoms with Crippen LogP contribution in [0.5, 0.6) is 0 Å². The Morgan fingerprint density at radius 3 is 2.32 bits per heavy atom. The fraction of sp³-hybridized carbons (Fsp3) is 0.250. The normalized spacial score (nSPS) is 17.7. The molecule has 1 aliphatic rings. The van der Waals surface area contributed by atoms with Gasteiger partial charge in [0.2, 0.25) is 5.91 Å². The van der Waals surface area contributed by atoms with Crippen LogP contribution in [0.3, 0.4) is 0 Å². The zero-order chi connectivity index (χ0) is 24.6. The number of rotatable bonds is 6. The lowest BCUT2D eigenvalue weighted by atomic mass is 9.87. The summed E-state index contributed by atoms with van der Waals surface area (Å²) >= 11 is 0. The minimum atomic E-state index is -1.40. The van der Waals surface area contributed by atoms with Gasteiger partial charge < -0.3 is 10.6 Å². The van der Waals surface area contributed by atoms with Crippen molar-refractivity contribution >= 4 is 23.5 Å². The van der Waals surface area contributed by atoms with Crippen LogP contribution >= 0.6 is 0 Å². The van der Waals surface area contributed by atoms with Crippen LogP contribution in [0.4, 0.5) is 14.9 Å². The minimum Gasteiger partial charge on any atom is -0.319 e. The lowest BCUT2D eigenvalue weighted by molar-refractivity contribution is -0.134. The maximum Gasteiger partial charge on any atom is 0.325 e. The maximum absolute atomic E-state index is 13.4. The first-order valence-corrected chi connectivity index (χ1v) is 10.7. The summed E-state index contributed by atoms with van der Waals surface area (Å²) in [7, 11) is 1.69. The number of halogens is 1. The molecule has 10 heteroatoms. The van der Waals surface area contributed by atoms with Crippen LogP contribution in [0.25, 0.3) is 5.69 Å². The molecule has 4 amide bonds. The van der Waals surface area contributed by atoms with Crippen molar-refractivity contribution in [2.24, 2.45) is 7.05 Å². The van der Waals surface area contributed by atoms with Crippen molar-refractivity contribution in [1.82, 2.24) is 19.6 Å². The number of imide groups is 1.